The molecule has 0 rings (SSSR count). The smallest absolute Gasteiger partial charge is 1.00 e. The standard InChI is InChI=1S/CHNOS.K.H/c3-1-2-4;;/h4H;;/q;+1;-1. The van der Waals surface area contributed by atoms with Crippen molar-refractivity contribution < 1.29 is 57.6 Å². The van der Waals surface area contributed by atoms with E-state index in [0.29, 0.717) is 0 Å². The van der Waals surface area contributed by atoms with Crippen LogP contribution in [0.4, 0.5) is 0 Å². The van der Waals surface area contributed by atoms with E-state index in [4.69, 9.17) is 4.79 Å². The third-order valence-corrected chi connectivity index (χ3v) is 0.122. The topological polar surface area (TPSA) is 29.4 Å². The quantitative estimate of drug-likeness (QED) is 0.158. The predicted octanol–water partition coefficient (Wildman–Crippen LogP) is -2.72. The predicted molar refractivity (Wildman–Crippen MR) is 18.2 cm³/mol. The van der Waals surface area contributed by atoms with Crippen molar-refractivity contribution in [1.82, 2.24) is 0 Å². The van der Waals surface area contributed by atoms with Gasteiger partial charge in [-0.25, -0.2) is 4.79 Å². The first kappa shape index (κ1) is 9.62. The van der Waals surface area contributed by atoms with E-state index in [1.165, 1.54) is 6.08 Å². The summed E-state index contributed by atoms with van der Waals surface area (Å²) in [5.41, 5.74) is 0. The number of nitrogens with zero attached hydrogens (tertiary/aromatic N) is 1. The zero-order valence-corrected chi connectivity index (χ0v) is 6.82. The molecule has 0 aliphatic carbocycles. The van der Waals surface area contributed by atoms with E-state index in [-0.39, 0.29) is 52.8 Å². The van der Waals surface area contributed by atoms with E-state index in [0.717, 1.165) is 0 Å². The van der Waals surface area contributed by atoms with Gasteiger partial charge in [-0.05, 0) is 12.8 Å². The molecule has 0 radical (unpaired) electrons. The molecule has 0 aliphatic rings. The molecule has 0 N–H and O–H groups in total. The summed E-state index contributed by atoms with van der Waals surface area (Å²) in [7, 11) is 0. The van der Waals surface area contributed by atoms with Gasteiger partial charge in [0.1, 0.15) is 0 Å². The maximum absolute atomic E-state index is 8.81. The van der Waals surface area contributed by atoms with Crippen LogP contribution in [0.3, 0.4) is 0 Å². The van der Waals surface area contributed by atoms with Crippen LogP contribution >= 0.6 is 12.8 Å². The summed E-state index contributed by atoms with van der Waals surface area (Å²) in [4.78, 5) is 8.81. The van der Waals surface area contributed by atoms with Crippen molar-refractivity contribution >= 4 is 18.9 Å². The zero-order valence-electron chi connectivity index (χ0n) is 3.80. The molecule has 0 heterocycles. The van der Waals surface area contributed by atoms with Crippen LogP contribution in [0.5, 0.6) is 0 Å². The first-order valence-electron chi connectivity index (χ1n) is 0.628. The Morgan fingerprint density at radius 3 is 2.20 bits per heavy atom. The molecule has 4 heteroatoms. The first-order chi connectivity index (χ1) is 1.91. The van der Waals surface area contributed by atoms with Crippen molar-refractivity contribution in [2.75, 3.05) is 0 Å². The molecule has 2 nitrogen and oxygen atoms in total. The van der Waals surface area contributed by atoms with Crippen LogP contribution in [0.2, 0.25) is 0 Å². The van der Waals surface area contributed by atoms with Gasteiger partial charge in [-0.15, -0.1) is 4.40 Å². The molecule has 0 amide bonds. The zero-order chi connectivity index (χ0) is 3.41. The third kappa shape index (κ3) is 10.9. The molecule has 0 aromatic carbocycles. The summed E-state index contributed by atoms with van der Waals surface area (Å²) in [5, 5.41) is 0. The Labute approximate surface area is 79.5 Å². The van der Waals surface area contributed by atoms with Crippen LogP contribution < -0.4 is 51.4 Å². The van der Waals surface area contributed by atoms with Gasteiger partial charge in [-0.2, -0.15) is 0 Å². The average molecular weight is 115 g/mol. The molecule has 0 saturated heterocycles. The fourth-order valence-electron chi connectivity index (χ4n) is 0. The second-order valence-corrected chi connectivity index (χ2v) is 0.391. The Morgan fingerprint density at radius 1 is 2.00 bits per heavy atom. The third-order valence-electron chi connectivity index (χ3n) is 0.0408. The van der Waals surface area contributed by atoms with E-state index < -0.39 is 0 Å². The molecular formula is CH2KNOS. The van der Waals surface area contributed by atoms with E-state index >= 15 is 0 Å². The van der Waals surface area contributed by atoms with E-state index in [1.54, 1.807) is 0 Å². The summed E-state index contributed by atoms with van der Waals surface area (Å²) < 4.78 is 2.62. The number of hydrogen-bond donors (Lipinski definition) is 1. The summed E-state index contributed by atoms with van der Waals surface area (Å²) in [5.74, 6) is 0. The largest absolute Gasteiger partial charge is 1.00 e. The number of isocyanates is 1. The van der Waals surface area contributed by atoms with Crippen molar-refractivity contribution in [2.24, 2.45) is 4.40 Å². The van der Waals surface area contributed by atoms with Crippen molar-refractivity contribution in [2.45, 2.75) is 0 Å². The number of carbonyl (C=O) groups excluding carboxylic acids is 1. The fraction of sp³-hybridized carbons (Fsp3) is 0. The monoisotopic (exact) mass is 115 g/mol. The number of rotatable bonds is 0. The summed E-state index contributed by atoms with van der Waals surface area (Å²) >= 11 is 3.12. The van der Waals surface area contributed by atoms with Crippen molar-refractivity contribution in [3.05, 3.63) is 0 Å². The molecule has 0 saturated carbocycles. The molecule has 0 aliphatic heterocycles. The summed E-state index contributed by atoms with van der Waals surface area (Å²) in [6, 6.07) is 0. The van der Waals surface area contributed by atoms with E-state index in [9.17, 15) is 0 Å². The van der Waals surface area contributed by atoms with Gasteiger partial charge < -0.3 is 1.43 Å². The summed E-state index contributed by atoms with van der Waals surface area (Å²) in [6.45, 7) is 0. The molecule has 24 valence electrons. The minimum Gasteiger partial charge on any atom is -1.00 e. The van der Waals surface area contributed by atoms with Crippen LogP contribution in [0.25, 0.3) is 0 Å². The minimum atomic E-state index is 0. The maximum atomic E-state index is 8.81. The first-order valence-corrected chi connectivity index (χ1v) is 1.03. The summed E-state index contributed by atoms with van der Waals surface area (Å²) in [6.07, 6.45) is 1.17. The fourth-order valence-corrected chi connectivity index (χ4v) is 0. The normalized spacial score (nSPS) is 3.40. The van der Waals surface area contributed by atoms with Gasteiger partial charge in [0.2, 0.25) is 6.08 Å². The number of thiol groups is 1. The van der Waals surface area contributed by atoms with Crippen molar-refractivity contribution in [3.8, 4) is 0 Å². The van der Waals surface area contributed by atoms with Crippen LogP contribution in [-0.2, 0) is 4.79 Å². The molecule has 0 bridgehead atoms. The molecule has 0 aromatic heterocycles. The van der Waals surface area contributed by atoms with Gasteiger partial charge in [0.25, 0.3) is 0 Å². The van der Waals surface area contributed by atoms with Gasteiger partial charge in [0.05, 0.1) is 0 Å². The molecular weight excluding hydrogens is 113 g/mol. The van der Waals surface area contributed by atoms with Crippen molar-refractivity contribution in [3.63, 3.8) is 0 Å². The average Bonchev–Trinajstić information content (AvgIpc) is 1.37. The molecule has 0 fully saturated rings. The Balaban J connectivity index is -0.0000000450. The van der Waals surface area contributed by atoms with E-state index in [2.05, 4.69) is 17.2 Å². The van der Waals surface area contributed by atoms with Crippen LogP contribution in [-0.4, -0.2) is 6.08 Å². The van der Waals surface area contributed by atoms with Gasteiger partial charge in [0.15, 0.2) is 0 Å². The maximum Gasteiger partial charge on any atom is 1.00 e. The molecule has 0 aromatic rings. The molecule has 0 unspecified atom stereocenters. The Morgan fingerprint density at radius 2 is 2.20 bits per heavy atom. The minimum absolute atomic E-state index is 0. The SMILES string of the molecule is O=C=NS.[H-].[K+]. The Hall–Kier alpha value is 1.37. The van der Waals surface area contributed by atoms with E-state index in [1.807, 2.05) is 0 Å². The second-order valence-electron chi connectivity index (χ2n) is 0.191. The second kappa shape index (κ2) is 9.03. The van der Waals surface area contributed by atoms with Gasteiger partial charge in [-0.1, -0.05) is 0 Å². The van der Waals surface area contributed by atoms with Gasteiger partial charge in [0, 0.05) is 0 Å². The Bertz CT molecular complexity index is 53.5. The number of hydrogen-bond acceptors (Lipinski definition) is 3. The van der Waals surface area contributed by atoms with Crippen LogP contribution in [0.1, 0.15) is 1.43 Å². The molecule has 0 spiro atoms. The Kier molecular flexibility index (Phi) is 17.4. The van der Waals surface area contributed by atoms with Crippen LogP contribution in [0.15, 0.2) is 4.40 Å². The van der Waals surface area contributed by atoms with Crippen molar-refractivity contribution in [1.29, 1.82) is 0 Å². The molecule has 0 atom stereocenters. The molecule has 5 heavy (non-hydrogen) atoms. The van der Waals surface area contributed by atoms with Gasteiger partial charge >= 0.3 is 51.4 Å². The van der Waals surface area contributed by atoms with Gasteiger partial charge in [-0.3, -0.25) is 0 Å². The van der Waals surface area contributed by atoms with Crippen LogP contribution in [0, 0.1) is 0 Å².